The molecule has 1 aromatic carbocycles. The van der Waals surface area contributed by atoms with Gasteiger partial charge in [-0.15, -0.1) is 0 Å². The first-order valence-corrected chi connectivity index (χ1v) is 7.29. The van der Waals surface area contributed by atoms with E-state index in [1.54, 1.807) is 14.2 Å². The first kappa shape index (κ1) is 15.1. The summed E-state index contributed by atoms with van der Waals surface area (Å²) in [5.41, 5.74) is 0.664. The predicted octanol–water partition coefficient (Wildman–Crippen LogP) is 2.66. The molecule has 0 radical (unpaired) electrons. The Kier molecular flexibility index (Phi) is 4.89. The van der Waals surface area contributed by atoms with Gasteiger partial charge in [0.2, 0.25) is 0 Å². The van der Waals surface area contributed by atoms with Crippen LogP contribution in [0.3, 0.4) is 0 Å². The van der Waals surface area contributed by atoms with Crippen LogP contribution in [0.1, 0.15) is 44.2 Å². The summed E-state index contributed by atoms with van der Waals surface area (Å²) in [7, 11) is 3.28. The third kappa shape index (κ3) is 3.25. The van der Waals surface area contributed by atoms with E-state index in [9.17, 15) is 5.11 Å². The summed E-state index contributed by atoms with van der Waals surface area (Å²) in [5.74, 6) is 1.48. The minimum absolute atomic E-state index is 0.222. The molecule has 2 N–H and O–H groups in total. The molecule has 4 heteroatoms. The average Bonchev–Trinajstić information content (AvgIpc) is 2.45. The van der Waals surface area contributed by atoms with Gasteiger partial charge in [0.15, 0.2) is 11.5 Å². The van der Waals surface area contributed by atoms with E-state index in [0.29, 0.717) is 6.54 Å². The molecule has 0 aliphatic heterocycles. The third-order valence-electron chi connectivity index (χ3n) is 4.18. The Balaban J connectivity index is 2.06. The quantitative estimate of drug-likeness (QED) is 0.805. The molecule has 1 fully saturated rings. The van der Waals surface area contributed by atoms with Crippen molar-refractivity contribution in [2.75, 3.05) is 20.8 Å². The zero-order valence-corrected chi connectivity index (χ0v) is 12.6. The third-order valence-corrected chi connectivity index (χ3v) is 4.18. The maximum absolute atomic E-state index is 10.2. The molecule has 0 spiro atoms. The van der Waals surface area contributed by atoms with Crippen molar-refractivity contribution in [1.29, 1.82) is 0 Å². The normalized spacial score (nSPS) is 18.2. The van der Waals surface area contributed by atoms with Crippen molar-refractivity contribution in [3.8, 4) is 11.5 Å². The van der Waals surface area contributed by atoms with Gasteiger partial charge in [0.1, 0.15) is 0 Å². The molecule has 1 saturated carbocycles. The summed E-state index contributed by atoms with van der Waals surface area (Å²) >= 11 is 0. The summed E-state index contributed by atoms with van der Waals surface area (Å²) in [6, 6.07) is 6.20. The molecule has 20 heavy (non-hydrogen) atoms. The Hall–Kier alpha value is -1.26. The lowest BCUT2D eigenvalue weighted by Crippen LogP contribution is -2.47. The minimum Gasteiger partial charge on any atom is -0.493 e. The Labute approximate surface area is 121 Å². The Morgan fingerprint density at radius 3 is 2.45 bits per heavy atom. The molecule has 2 rings (SSSR count). The fourth-order valence-corrected chi connectivity index (χ4v) is 2.64. The topological polar surface area (TPSA) is 50.7 Å². The van der Waals surface area contributed by atoms with Crippen molar-refractivity contribution in [3.05, 3.63) is 23.8 Å². The van der Waals surface area contributed by atoms with Crippen LogP contribution in [0.2, 0.25) is 0 Å². The van der Waals surface area contributed by atoms with Gasteiger partial charge in [-0.25, -0.2) is 0 Å². The molecule has 1 atom stereocenters. The monoisotopic (exact) mass is 279 g/mol. The molecular weight excluding hydrogens is 254 g/mol. The van der Waals surface area contributed by atoms with E-state index in [1.165, 1.54) is 0 Å². The van der Waals surface area contributed by atoms with E-state index < -0.39 is 5.60 Å². The molecule has 1 unspecified atom stereocenters. The van der Waals surface area contributed by atoms with Gasteiger partial charge in [0.25, 0.3) is 0 Å². The molecule has 4 nitrogen and oxygen atoms in total. The van der Waals surface area contributed by atoms with Crippen molar-refractivity contribution in [2.24, 2.45) is 0 Å². The predicted molar refractivity (Wildman–Crippen MR) is 79.4 cm³/mol. The van der Waals surface area contributed by atoms with Gasteiger partial charge in [-0.1, -0.05) is 13.0 Å². The van der Waals surface area contributed by atoms with Crippen LogP contribution in [0.15, 0.2) is 18.2 Å². The first-order chi connectivity index (χ1) is 9.61. The van der Waals surface area contributed by atoms with Gasteiger partial charge in [-0.3, -0.25) is 0 Å². The second-order valence-electron chi connectivity index (χ2n) is 5.53. The Morgan fingerprint density at radius 1 is 1.25 bits per heavy atom. The number of hydrogen-bond donors (Lipinski definition) is 2. The zero-order chi connectivity index (χ0) is 14.6. The fraction of sp³-hybridized carbons (Fsp3) is 0.625. The van der Waals surface area contributed by atoms with Gasteiger partial charge < -0.3 is 19.9 Å². The standard InChI is InChI=1S/C16H25NO3/c1-4-13(17-11-16(18)8-5-9-16)12-6-7-14(19-2)15(10-12)20-3/h6-7,10,13,17-18H,4-5,8-9,11H2,1-3H3. The highest BCUT2D eigenvalue weighted by Crippen LogP contribution is 2.33. The lowest BCUT2D eigenvalue weighted by atomic mass is 9.80. The highest BCUT2D eigenvalue weighted by molar-refractivity contribution is 5.43. The van der Waals surface area contributed by atoms with Crippen LogP contribution in [-0.2, 0) is 0 Å². The summed E-state index contributed by atoms with van der Waals surface area (Å²) in [4.78, 5) is 0. The van der Waals surface area contributed by atoms with E-state index in [1.807, 2.05) is 18.2 Å². The molecule has 0 aromatic heterocycles. The molecule has 112 valence electrons. The van der Waals surface area contributed by atoms with Crippen LogP contribution < -0.4 is 14.8 Å². The number of aliphatic hydroxyl groups is 1. The minimum atomic E-state index is -0.496. The molecule has 0 amide bonds. The van der Waals surface area contributed by atoms with Crippen LogP contribution in [0.5, 0.6) is 11.5 Å². The van der Waals surface area contributed by atoms with E-state index in [2.05, 4.69) is 12.2 Å². The van der Waals surface area contributed by atoms with Crippen molar-refractivity contribution < 1.29 is 14.6 Å². The number of methoxy groups -OCH3 is 2. The van der Waals surface area contributed by atoms with E-state index in [4.69, 9.17) is 9.47 Å². The molecule has 1 aliphatic carbocycles. The Bertz CT molecular complexity index is 443. The lowest BCUT2D eigenvalue weighted by molar-refractivity contribution is -0.0333. The van der Waals surface area contributed by atoms with Crippen LogP contribution in [0.4, 0.5) is 0 Å². The average molecular weight is 279 g/mol. The second kappa shape index (κ2) is 6.46. The highest BCUT2D eigenvalue weighted by atomic mass is 16.5. The summed E-state index contributed by atoms with van der Waals surface area (Å²) < 4.78 is 10.6. The van der Waals surface area contributed by atoms with E-state index in [-0.39, 0.29) is 6.04 Å². The maximum atomic E-state index is 10.2. The van der Waals surface area contributed by atoms with Crippen molar-refractivity contribution >= 4 is 0 Å². The first-order valence-electron chi connectivity index (χ1n) is 7.29. The van der Waals surface area contributed by atoms with Crippen LogP contribution >= 0.6 is 0 Å². The van der Waals surface area contributed by atoms with Crippen LogP contribution in [0.25, 0.3) is 0 Å². The van der Waals surface area contributed by atoms with Crippen molar-refractivity contribution in [2.45, 2.75) is 44.2 Å². The molecule has 1 aliphatic rings. The summed E-state index contributed by atoms with van der Waals surface area (Å²) in [6.45, 7) is 2.79. The van der Waals surface area contributed by atoms with E-state index >= 15 is 0 Å². The largest absolute Gasteiger partial charge is 0.493 e. The van der Waals surface area contributed by atoms with Gasteiger partial charge in [0, 0.05) is 12.6 Å². The molecule has 0 saturated heterocycles. The molecule has 0 bridgehead atoms. The second-order valence-corrected chi connectivity index (χ2v) is 5.53. The fourth-order valence-electron chi connectivity index (χ4n) is 2.64. The van der Waals surface area contributed by atoms with Gasteiger partial charge in [-0.05, 0) is 43.4 Å². The lowest BCUT2D eigenvalue weighted by Gasteiger charge is -2.38. The van der Waals surface area contributed by atoms with Gasteiger partial charge in [-0.2, -0.15) is 0 Å². The molecule has 1 aromatic rings. The van der Waals surface area contributed by atoms with Crippen molar-refractivity contribution in [3.63, 3.8) is 0 Å². The summed E-state index contributed by atoms with van der Waals surface area (Å²) in [5, 5.41) is 13.6. The molecular formula is C16H25NO3. The number of rotatable bonds is 7. The van der Waals surface area contributed by atoms with Gasteiger partial charge in [0.05, 0.1) is 19.8 Å². The maximum Gasteiger partial charge on any atom is 0.161 e. The Morgan fingerprint density at radius 2 is 1.95 bits per heavy atom. The van der Waals surface area contributed by atoms with Crippen LogP contribution in [0, 0.1) is 0 Å². The van der Waals surface area contributed by atoms with Crippen molar-refractivity contribution in [1.82, 2.24) is 5.32 Å². The van der Waals surface area contributed by atoms with Gasteiger partial charge >= 0.3 is 0 Å². The van der Waals surface area contributed by atoms with Crippen LogP contribution in [-0.4, -0.2) is 31.5 Å². The summed E-state index contributed by atoms with van der Waals surface area (Å²) in [6.07, 6.45) is 3.90. The smallest absolute Gasteiger partial charge is 0.161 e. The highest BCUT2D eigenvalue weighted by Gasteiger charge is 2.34. The number of ether oxygens (including phenoxy) is 2. The SMILES string of the molecule is CCC(NCC1(O)CCC1)c1ccc(OC)c(OC)c1. The zero-order valence-electron chi connectivity index (χ0n) is 12.6. The molecule has 0 heterocycles. The van der Waals surface area contributed by atoms with E-state index in [0.717, 1.165) is 42.7 Å². The number of benzene rings is 1. The number of nitrogens with one attached hydrogen (secondary N) is 1. The number of hydrogen-bond acceptors (Lipinski definition) is 4.